The minimum Gasteiger partial charge on any atom is -0.315 e. The number of nitrogens with zero attached hydrogens (tertiary/aromatic N) is 3. The number of rotatable bonds is 3. The summed E-state index contributed by atoms with van der Waals surface area (Å²) in [4.78, 5) is 3.86. The molecule has 1 saturated heterocycles. The van der Waals surface area contributed by atoms with Crippen LogP contribution in [0.1, 0.15) is 18.4 Å². The molecule has 0 radical (unpaired) electrons. The molecule has 6 nitrogen and oxygen atoms in total. The number of pyridine rings is 1. The quantitative estimate of drug-likeness (QED) is 0.862. The van der Waals surface area contributed by atoms with Crippen LogP contribution < -0.4 is 5.32 Å². The zero-order valence-corrected chi connectivity index (χ0v) is 11.5. The van der Waals surface area contributed by atoms with Crippen LogP contribution >= 0.6 is 0 Å². The molecule has 2 heterocycles. The highest BCUT2D eigenvalue weighted by atomic mass is 32.2. The van der Waals surface area contributed by atoms with Gasteiger partial charge in [0.1, 0.15) is 6.07 Å². The summed E-state index contributed by atoms with van der Waals surface area (Å²) in [7, 11) is -2.18. The van der Waals surface area contributed by atoms with E-state index in [0.29, 0.717) is 6.54 Å². The Morgan fingerprint density at radius 3 is 3.00 bits per heavy atom. The van der Waals surface area contributed by atoms with Gasteiger partial charge in [0.25, 0.3) is 10.0 Å². The molecule has 1 unspecified atom stereocenters. The monoisotopic (exact) mass is 280 g/mol. The van der Waals surface area contributed by atoms with Crippen molar-refractivity contribution in [1.82, 2.24) is 14.6 Å². The molecule has 1 N–H and O–H groups in total. The average molecular weight is 280 g/mol. The third-order valence-corrected chi connectivity index (χ3v) is 5.17. The summed E-state index contributed by atoms with van der Waals surface area (Å²) in [6.45, 7) is 1.54. The summed E-state index contributed by atoms with van der Waals surface area (Å²) in [5, 5.41) is 12.0. The van der Waals surface area contributed by atoms with Gasteiger partial charge in [-0.05, 0) is 31.5 Å². The van der Waals surface area contributed by atoms with Crippen LogP contribution in [-0.2, 0) is 10.0 Å². The van der Waals surface area contributed by atoms with Crippen LogP contribution in [0.5, 0.6) is 0 Å². The van der Waals surface area contributed by atoms with Crippen LogP contribution in [0.4, 0.5) is 0 Å². The number of hydrogen-bond donors (Lipinski definition) is 1. The van der Waals surface area contributed by atoms with Crippen LogP contribution in [0.3, 0.4) is 0 Å². The molecule has 0 aromatic carbocycles. The Bertz CT molecular complexity index is 588. The summed E-state index contributed by atoms with van der Waals surface area (Å²) in [6.07, 6.45) is 3.15. The number of hydrogen-bond acceptors (Lipinski definition) is 5. The van der Waals surface area contributed by atoms with E-state index in [-0.39, 0.29) is 16.6 Å². The van der Waals surface area contributed by atoms with Crippen molar-refractivity contribution < 1.29 is 8.42 Å². The minimum atomic E-state index is -3.72. The molecule has 1 aliphatic heterocycles. The fourth-order valence-electron chi connectivity index (χ4n) is 2.16. The molecule has 0 saturated carbocycles. The van der Waals surface area contributed by atoms with E-state index in [4.69, 9.17) is 5.26 Å². The summed E-state index contributed by atoms with van der Waals surface area (Å²) in [6, 6.07) is 4.81. The normalized spacial score (nSPS) is 20.2. The van der Waals surface area contributed by atoms with E-state index in [2.05, 4.69) is 10.3 Å². The third-order valence-electron chi connectivity index (χ3n) is 3.30. The molecule has 1 aliphatic rings. The second-order valence-electron chi connectivity index (χ2n) is 4.49. The number of likely N-dealkylation sites (N-methyl/N-ethyl adjacent to an activating group) is 1. The molecule has 0 aliphatic carbocycles. The van der Waals surface area contributed by atoms with Gasteiger partial charge in [0.05, 0.1) is 5.56 Å². The zero-order valence-electron chi connectivity index (χ0n) is 10.7. The first-order valence-electron chi connectivity index (χ1n) is 6.11. The highest BCUT2D eigenvalue weighted by Gasteiger charge is 2.31. The maximum absolute atomic E-state index is 12.5. The molecule has 0 spiro atoms. The fourth-order valence-corrected chi connectivity index (χ4v) is 3.59. The lowest BCUT2D eigenvalue weighted by atomic mass is 10.1. The van der Waals surface area contributed by atoms with Crippen molar-refractivity contribution in [3.05, 3.63) is 23.9 Å². The highest BCUT2D eigenvalue weighted by molar-refractivity contribution is 7.89. The fraction of sp³-hybridized carbons (Fsp3) is 0.500. The van der Waals surface area contributed by atoms with Gasteiger partial charge in [-0.1, -0.05) is 0 Å². The highest BCUT2D eigenvalue weighted by Crippen LogP contribution is 2.20. The number of nitriles is 1. The molecule has 1 atom stereocenters. The first kappa shape index (κ1) is 13.9. The van der Waals surface area contributed by atoms with E-state index in [9.17, 15) is 8.42 Å². The van der Waals surface area contributed by atoms with Crippen molar-refractivity contribution in [2.75, 3.05) is 20.1 Å². The number of sulfonamides is 1. The molecule has 2 rings (SSSR count). The Morgan fingerprint density at radius 1 is 1.58 bits per heavy atom. The molecule has 19 heavy (non-hydrogen) atoms. The lowest BCUT2D eigenvalue weighted by Gasteiger charge is -2.30. The van der Waals surface area contributed by atoms with Crippen LogP contribution in [0.15, 0.2) is 23.4 Å². The van der Waals surface area contributed by atoms with Gasteiger partial charge < -0.3 is 5.32 Å². The standard InChI is InChI=1S/C12H16N4O2S/c1-16(11-5-3-6-14-9-11)19(17,18)12-10(8-13)4-2-7-15-12/h2,4,7,11,14H,3,5-6,9H2,1H3. The van der Waals surface area contributed by atoms with Crippen molar-refractivity contribution >= 4 is 10.0 Å². The topological polar surface area (TPSA) is 86.1 Å². The van der Waals surface area contributed by atoms with Gasteiger partial charge in [0.2, 0.25) is 0 Å². The number of piperidine rings is 1. The predicted octanol–water partition coefficient (Wildman–Crippen LogP) is 0.326. The maximum atomic E-state index is 12.5. The number of nitrogens with one attached hydrogen (secondary N) is 1. The van der Waals surface area contributed by atoms with Crippen molar-refractivity contribution in [2.24, 2.45) is 0 Å². The summed E-state index contributed by atoms with van der Waals surface area (Å²) < 4.78 is 26.3. The largest absolute Gasteiger partial charge is 0.315 e. The first-order chi connectivity index (χ1) is 9.07. The van der Waals surface area contributed by atoms with Gasteiger partial charge in [-0.2, -0.15) is 9.57 Å². The van der Waals surface area contributed by atoms with Crippen molar-refractivity contribution in [3.63, 3.8) is 0 Å². The Hall–Kier alpha value is -1.49. The Balaban J connectivity index is 2.34. The summed E-state index contributed by atoms with van der Waals surface area (Å²) >= 11 is 0. The first-order valence-corrected chi connectivity index (χ1v) is 7.55. The van der Waals surface area contributed by atoms with Crippen molar-refractivity contribution in [1.29, 1.82) is 5.26 Å². The summed E-state index contributed by atoms with van der Waals surface area (Å²) in [5.41, 5.74) is 0.0816. The van der Waals surface area contributed by atoms with Crippen LogP contribution in [0.25, 0.3) is 0 Å². The Labute approximate surface area is 113 Å². The second-order valence-corrected chi connectivity index (χ2v) is 6.40. The van der Waals surface area contributed by atoms with Crippen molar-refractivity contribution in [2.45, 2.75) is 23.9 Å². The second kappa shape index (κ2) is 5.65. The van der Waals surface area contributed by atoms with Gasteiger partial charge in [-0.15, -0.1) is 0 Å². The molecule has 0 bridgehead atoms. The Kier molecular flexibility index (Phi) is 4.14. The van der Waals surface area contributed by atoms with Gasteiger partial charge in [0.15, 0.2) is 5.03 Å². The molecule has 1 fully saturated rings. The van der Waals surface area contributed by atoms with E-state index in [1.54, 1.807) is 13.1 Å². The molecule has 0 amide bonds. The van der Waals surface area contributed by atoms with E-state index in [1.165, 1.54) is 16.6 Å². The van der Waals surface area contributed by atoms with E-state index in [0.717, 1.165) is 19.4 Å². The minimum absolute atomic E-state index is 0.0816. The SMILES string of the molecule is CN(C1CCCNC1)S(=O)(=O)c1ncccc1C#N. The van der Waals surface area contributed by atoms with E-state index < -0.39 is 10.0 Å². The molecule has 1 aromatic heterocycles. The zero-order chi connectivity index (χ0) is 13.9. The third kappa shape index (κ3) is 2.76. The van der Waals surface area contributed by atoms with E-state index in [1.807, 2.05) is 6.07 Å². The van der Waals surface area contributed by atoms with Crippen LogP contribution in [0, 0.1) is 11.3 Å². The van der Waals surface area contributed by atoms with Gasteiger partial charge in [-0.3, -0.25) is 0 Å². The smallest absolute Gasteiger partial charge is 0.261 e. The van der Waals surface area contributed by atoms with Crippen LogP contribution in [-0.4, -0.2) is 43.9 Å². The summed E-state index contributed by atoms with van der Waals surface area (Å²) in [5.74, 6) is 0. The van der Waals surface area contributed by atoms with Gasteiger partial charge in [0, 0.05) is 25.8 Å². The Morgan fingerprint density at radius 2 is 2.37 bits per heavy atom. The molecule has 102 valence electrons. The van der Waals surface area contributed by atoms with Crippen molar-refractivity contribution in [3.8, 4) is 6.07 Å². The van der Waals surface area contributed by atoms with E-state index >= 15 is 0 Å². The number of aromatic nitrogens is 1. The average Bonchev–Trinajstić information content (AvgIpc) is 2.47. The maximum Gasteiger partial charge on any atom is 0.261 e. The van der Waals surface area contributed by atoms with Gasteiger partial charge >= 0.3 is 0 Å². The lowest BCUT2D eigenvalue weighted by molar-refractivity contribution is 0.299. The molecular formula is C12H16N4O2S. The van der Waals surface area contributed by atoms with Gasteiger partial charge in [-0.25, -0.2) is 13.4 Å². The lowest BCUT2D eigenvalue weighted by Crippen LogP contribution is -2.46. The molecule has 1 aromatic rings. The predicted molar refractivity (Wildman–Crippen MR) is 69.8 cm³/mol. The molecular weight excluding hydrogens is 264 g/mol. The van der Waals surface area contributed by atoms with Crippen LogP contribution in [0.2, 0.25) is 0 Å². The molecule has 7 heteroatoms.